The molecule has 2 rings (SSSR count). The number of aromatic amines is 1. The Morgan fingerprint density at radius 1 is 1.06 bits per heavy atom. The Balaban J connectivity index is 0.00000612. The average Bonchev–Trinajstić information content (AvgIpc) is 3.22. The molecule has 0 fully saturated rings. The fraction of sp³-hybridized carbons (Fsp3) is 0.577. The largest absolute Gasteiger partial charge is 0.464 e. The van der Waals surface area contributed by atoms with E-state index in [1.807, 2.05) is 44.3 Å². The average molecular weight is 510 g/mol. The molecule has 0 unspecified atom stereocenters. The van der Waals surface area contributed by atoms with Gasteiger partial charge in [-0.3, -0.25) is 9.59 Å². The monoisotopic (exact) mass is 509 g/mol. The highest BCUT2D eigenvalue weighted by Crippen LogP contribution is 2.19. The molecule has 0 aliphatic heterocycles. The Morgan fingerprint density at radius 3 is 2.46 bits per heavy atom. The maximum atomic E-state index is 12.8. The summed E-state index contributed by atoms with van der Waals surface area (Å²) in [4.78, 5) is 40.7. The molecule has 9 heteroatoms. The van der Waals surface area contributed by atoms with Crippen LogP contribution in [0, 0.1) is 11.8 Å². The minimum atomic E-state index is -0.889. The number of amides is 1. The first-order valence-corrected chi connectivity index (χ1v) is 12.1. The Morgan fingerprint density at radius 2 is 1.77 bits per heavy atom. The van der Waals surface area contributed by atoms with E-state index in [9.17, 15) is 14.4 Å². The molecular weight excluding hydrogens is 470 g/mol. The number of ether oxygens (including phenoxy) is 2. The zero-order valence-corrected chi connectivity index (χ0v) is 22.0. The lowest BCUT2D eigenvalue weighted by Gasteiger charge is -2.19. The number of benzene rings is 1. The summed E-state index contributed by atoms with van der Waals surface area (Å²) in [7, 11) is 0. The molecule has 0 radical (unpaired) electrons. The maximum absolute atomic E-state index is 12.8. The molecule has 0 saturated heterocycles. The summed E-state index contributed by atoms with van der Waals surface area (Å²) in [5.74, 6) is -0.702. The molecule has 0 spiro atoms. The van der Waals surface area contributed by atoms with Gasteiger partial charge in [0, 0.05) is 29.9 Å². The van der Waals surface area contributed by atoms with Crippen LogP contribution >= 0.6 is 12.4 Å². The number of fused-ring (bicyclic) bond motifs is 1. The van der Waals surface area contributed by atoms with Crippen LogP contribution in [-0.2, 0) is 30.3 Å². The van der Waals surface area contributed by atoms with Gasteiger partial charge in [-0.2, -0.15) is 0 Å². The molecular formula is C26H40ClN3O5. The lowest BCUT2D eigenvalue weighted by Crippen LogP contribution is -2.44. The van der Waals surface area contributed by atoms with Crippen molar-refractivity contribution < 1.29 is 23.9 Å². The molecule has 1 aromatic carbocycles. The molecule has 4 N–H and O–H groups in total. The third-order valence-corrected chi connectivity index (χ3v) is 5.85. The van der Waals surface area contributed by atoms with Crippen molar-refractivity contribution in [2.75, 3.05) is 13.2 Å². The fourth-order valence-electron chi connectivity index (χ4n) is 3.33. The highest BCUT2D eigenvalue weighted by molar-refractivity contribution is 5.87. The lowest BCUT2D eigenvalue weighted by atomic mass is 10.0. The van der Waals surface area contributed by atoms with E-state index in [1.165, 1.54) is 0 Å². The summed E-state index contributed by atoms with van der Waals surface area (Å²) < 4.78 is 10.7. The molecule has 8 nitrogen and oxygen atoms in total. The normalized spacial score (nSPS) is 13.5. The zero-order chi connectivity index (χ0) is 25.1. The molecule has 1 amide bonds. The van der Waals surface area contributed by atoms with Gasteiger partial charge in [0.2, 0.25) is 5.91 Å². The van der Waals surface area contributed by atoms with Gasteiger partial charge in [0.25, 0.3) is 0 Å². The van der Waals surface area contributed by atoms with Crippen LogP contribution in [0.5, 0.6) is 0 Å². The van der Waals surface area contributed by atoms with Crippen LogP contribution in [0.2, 0.25) is 0 Å². The van der Waals surface area contributed by atoms with E-state index in [0.717, 1.165) is 29.3 Å². The van der Waals surface area contributed by atoms with Crippen LogP contribution in [0.3, 0.4) is 0 Å². The summed E-state index contributed by atoms with van der Waals surface area (Å²) in [5.41, 5.74) is 7.76. The molecule has 0 bridgehead atoms. The van der Waals surface area contributed by atoms with Crippen LogP contribution in [0.1, 0.15) is 58.9 Å². The number of halogens is 1. The van der Waals surface area contributed by atoms with E-state index in [4.69, 9.17) is 15.2 Å². The van der Waals surface area contributed by atoms with Crippen molar-refractivity contribution in [1.29, 1.82) is 0 Å². The number of rotatable bonds is 14. The first-order valence-electron chi connectivity index (χ1n) is 12.1. The van der Waals surface area contributed by atoms with Crippen molar-refractivity contribution in [2.45, 2.75) is 71.9 Å². The Kier molecular flexibility index (Phi) is 13.4. The summed E-state index contributed by atoms with van der Waals surface area (Å²) in [6.07, 6.45) is 3.91. The number of H-pyrrole nitrogens is 1. The predicted molar refractivity (Wildman–Crippen MR) is 139 cm³/mol. The molecule has 35 heavy (non-hydrogen) atoms. The van der Waals surface area contributed by atoms with Crippen LogP contribution in [0.25, 0.3) is 10.9 Å². The van der Waals surface area contributed by atoms with E-state index in [2.05, 4.69) is 24.1 Å². The SMILES string of the molecule is CC[C@@H](C)COC(=O)[C@H](N)CCC(=O)N[C@@H](Cc1c[nH]c2ccccc12)C(=O)OCCC(C)C.Cl. The quantitative estimate of drug-likeness (QED) is 0.332. The van der Waals surface area contributed by atoms with Crippen molar-refractivity contribution >= 4 is 41.2 Å². The summed E-state index contributed by atoms with van der Waals surface area (Å²) in [6.45, 7) is 8.71. The van der Waals surface area contributed by atoms with E-state index >= 15 is 0 Å². The third kappa shape index (κ3) is 10.3. The first-order chi connectivity index (χ1) is 16.2. The predicted octanol–water partition coefficient (Wildman–Crippen LogP) is 3.90. The van der Waals surface area contributed by atoms with Gasteiger partial charge >= 0.3 is 11.9 Å². The van der Waals surface area contributed by atoms with Gasteiger partial charge in [0.1, 0.15) is 12.1 Å². The number of nitrogens with one attached hydrogen (secondary N) is 2. The van der Waals surface area contributed by atoms with Crippen molar-refractivity contribution in [3.05, 3.63) is 36.0 Å². The zero-order valence-electron chi connectivity index (χ0n) is 21.2. The number of nitrogens with two attached hydrogens (primary N) is 1. The Hall–Kier alpha value is -2.58. The molecule has 1 heterocycles. The van der Waals surface area contributed by atoms with Gasteiger partial charge in [-0.05, 0) is 36.3 Å². The van der Waals surface area contributed by atoms with Crippen molar-refractivity contribution in [3.8, 4) is 0 Å². The first kappa shape index (κ1) is 30.5. The van der Waals surface area contributed by atoms with Gasteiger partial charge in [-0.25, -0.2) is 4.79 Å². The number of aromatic nitrogens is 1. The van der Waals surface area contributed by atoms with Gasteiger partial charge in [0.15, 0.2) is 0 Å². The summed E-state index contributed by atoms with van der Waals surface area (Å²) >= 11 is 0. The summed E-state index contributed by atoms with van der Waals surface area (Å²) in [6, 6.07) is 6.05. The van der Waals surface area contributed by atoms with Crippen molar-refractivity contribution in [2.24, 2.45) is 17.6 Å². The van der Waals surface area contributed by atoms with E-state index in [-0.39, 0.29) is 37.1 Å². The van der Waals surface area contributed by atoms with E-state index in [1.54, 1.807) is 0 Å². The molecule has 3 atom stereocenters. The number of esters is 2. The Labute approximate surface area is 214 Å². The molecule has 2 aromatic rings. The molecule has 0 saturated carbocycles. The van der Waals surface area contributed by atoms with Crippen LogP contribution in [-0.4, -0.2) is 48.1 Å². The molecule has 1 aromatic heterocycles. The smallest absolute Gasteiger partial charge is 0.328 e. The van der Waals surface area contributed by atoms with Gasteiger partial charge in [-0.15, -0.1) is 12.4 Å². The van der Waals surface area contributed by atoms with E-state index in [0.29, 0.717) is 25.6 Å². The molecule has 196 valence electrons. The van der Waals surface area contributed by atoms with Crippen LogP contribution < -0.4 is 11.1 Å². The maximum Gasteiger partial charge on any atom is 0.328 e. The Bertz CT molecular complexity index is 946. The van der Waals surface area contributed by atoms with Crippen molar-refractivity contribution in [1.82, 2.24) is 10.3 Å². The standard InChI is InChI=1S/C26H39N3O5.ClH/c1-5-18(4)16-34-25(31)21(27)10-11-24(30)29-23(26(32)33-13-12-17(2)3)14-19-15-28-22-9-7-6-8-20(19)22;/h6-9,15,17-18,21,23,28H,5,10-14,16,27H2,1-4H3,(H,29,30);1H/t18-,21-,23+;/m1./s1. The van der Waals surface area contributed by atoms with Gasteiger partial charge < -0.3 is 25.5 Å². The van der Waals surface area contributed by atoms with Gasteiger partial charge in [-0.1, -0.05) is 52.3 Å². The highest BCUT2D eigenvalue weighted by Gasteiger charge is 2.25. The topological polar surface area (TPSA) is 124 Å². The second-order valence-corrected chi connectivity index (χ2v) is 9.32. The molecule has 0 aliphatic rings. The minimum absolute atomic E-state index is 0. The lowest BCUT2D eigenvalue weighted by molar-refractivity contribution is -0.149. The fourth-order valence-corrected chi connectivity index (χ4v) is 3.33. The molecule has 0 aliphatic carbocycles. The minimum Gasteiger partial charge on any atom is -0.464 e. The van der Waals surface area contributed by atoms with Gasteiger partial charge in [0.05, 0.1) is 13.2 Å². The third-order valence-electron chi connectivity index (χ3n) is 5.85. The number of hydrogen-bond donors (Lipinski definition) is 3. The van der Waals surface area contributed by atoms with Crippen LogP contribution in [0.15, 0.2) is 30.5 Å². The van der Waals surface area contributed by atoms with E-state index < -0.39 is 24.0 Å². The number of carbonyl (C=O) groups excluding carboxylic acids is 3. The highest BCUT2D eigenvalue weighted by atomic mass is 35.5. The number of para-hydroxylation sites is 1. The van der Waals surface area contributed by atoms with Crippen molar-refractivity contribution in [3.63, 3.8) is 0 Å². The number of carbonyl (C=O) groups is 3. The summed E-state index contributed by atoms with van der Waals surface area (Å²) in [5, 5.41) is 3.77. The second-order valence-electron chi connectivity index (χ2n) is 9.32. The number of hydrogen-bond acceptors (Lipinski definition) is 6. The second kappa shape index (κ2) is 15.4. The van der Waals surface area contributed by atoms with Crippen LogP contribution in [0.4, 0.5) is 0 Å².